The lowest BCUT2D eigenvalue weighted by Gasteiger charge is -2.18. The molecule has 1 aliphatic heterocycles. The van der Waals surface area contributed by atoms with Gasteiger partial charge in [0.25, 0.3) is 11.8 Å². The van der Waals surface area contributed by atoms with Crippen LogP contribution >= 0.6 is 0 Å². The van der Waals surface area contributed by atoms with Gasteiger partial charge in [0, 0.05) is 11.8 Å². The minimum Gasteiger partial charge on any atom is -0.482 e. The van der Waals surface area contributed by atoms with Crippen molar-refractivity contribution in [1.82, 2.24) is 0 Å². The zero-order valence-electron chi connectivity index (χ0n) is 10.9. The molecule has 0 spiro atoms. The summed E-state index contributed by atoms with van der Waals surface area (Å²) in [6.07, 6.45) is 0. The van der Waals surface area contributed by atoms with E-state index in [0.29, 0.717) is 17.1 Å². The van der Waals surface area contributed by atoms with Gasteiger partial charge in [0.1, 0.15) is 11.6 Å². The van der Waals surface area contributed by atoms with Crippen LogP contribution in [0.2, 0.25) is 0 Å². The molecule has 2 amide bonds. The second kappa shape index (κ2) is 5.24. The summed E-state index contributed by atoms with van der Waals surface area (Å²) in [5.74, 6) is -0.907. The first-order valence-corrected chi connectivity index (χ1v) is 6.26. The molecule has 0 unspecified atom stereocenters. The van der Waals surface area contributed by atoms with Crippen molar-refractivity contribution in [3.63, 3.8) is 0 Å². The van der Waals surface area contributed by atoms with Crippen molar-refractivity contribution in [2.75, 3.05) is 17.2 Å². The fourth-order valence-corrected chi connectivity index (χ4v) is 2.00. The summed E-state index contributed by atoms with van der Waals surface area (Å²) in [6.45, 7) is -0.0717. The van der Waals surface area contributed by atoms with E-state index in [9.17, 15) is 14.0 Å². The van der Waals surface area contributed by atoms with E-state index in [0.717, 1.165) is 0 Å². The lowest BCUT2D eigenvalue weighted by Crippen LogP contribution is -2.25. The average molecular weight is 286 g/mol. The number of nitrogens with one attached hydrogen (secondary N) is 2. The molecule has 0 saturated heterocycles. The van der Waals surface area contributed by atoms with E-state index >= 15 is 0 Å². The number of rotatable bonds is 2. The molecule has 3 rings (SSSR count). The standard InChI is InChI=1S/C15H11FN2O3/c16-11-4-2-1-3-10(11)15(20)17-9-5-6-12-13(7-9)21-8-14(19)18-12/h1-7H,8H2,(H,17,20)(H,18,19). The maximum atomic E-state index is 13.5. The van der Waals surface area contributed by atoms with Gasteiger partial charge in [0.2, 0.25) is 0 Å². The Hall–Kier alpha value is -2.89. The fourth-order valence-electron chi connectivity index (χ4n) is 2.00. The maximum absolute atomic E-state index is 13.5. The quantitative estimate of drug-likeness (QED) is 0.891. The Kier molecular flexibility index (Phi) is 3.27. The van der Waals surface area contributed by atoms with E-state index in [2.05, 4.69) is 10.6 Å². The number of carbonyl (C=O) groups excluding carboxylic acids is 2. The summed E-state index contributed by atoms with van der Waals surface area (Å²) >= 11 is 0. The lowest BCUT2D eigenvalue weighted by atomic mass is 10.2. The first-order chi connectivity index (χ1) is 10.1. The molecule has 0 fully saturated rings. The van der Waals surface area contributed by atoms with E-state index in [-0.39, 0.29) is 18.1 Å². The summed E-state index contributed by atoms with van der Waals surface area (Å²) in [5.41, 5.74) is 0.956. The number of benzene rings is 2. The third-order valence-electron chi connectivity index (χ3n) is 2.99. The number of anilines is 2. The lowest BCUT2D eigenvalue weighted by molar-refractivity contribution is -0.118. The van der Waals surface area contributed by atoms with Crippen LogP contribution in [0.1, 0.15) is 10.4 Å². The van der Waals surface area contributed by atoms with Crippen LogP contribution in [-0.4, -0.2) is 18.4 Å². The smallest absolute Gasteiger partial charge is 0.262 e. The highest BCUT2D eigenvalue weighted by atomic mass is 19.1. The Morgan fingerprint density at radius 3 is 2.86 bits per heavy atom. The van der Waals surface area contributed by atoms with Gasteiger partial charge in [0.05, 0.1) is 11.3 Å². The van der Waals surface area contributed by atoms with Crippen LogP contribution in [0.4, 0.5) is 15.8 Å². The third kappa shape index (κ3) is 2.69. The molecular formula is C15H11FN2O3. The van der Waals surface area contributed by atoms with Crippen LogP contribution in [0.3, 0.4) is 0 Å². The van der Waals surface area contributed by atoms with Crippen molar-refractivity contribution in [1.29, 1.82) is 0 Å². The Bertz CT molecular complexity index is 731. The Labute approximate surface area is 119 Å². The molecule has 5 nitrogen and oxygen atoms in total. The molecule has 21 heavy (non-hydrogen) atoms. The van der Waals surface area contributed by atoms with Gasteiger partial charge in [0.15, 0.2) is 6.61 Å². The molecule has 0 aromatic heterocycles. The van der Waals surface area contributed by atoms with Gasteiger partial charge in [-0.2, -0.15) is 0 Å². The number of amides is 2. The van der Waals surface area contributed by atoms with Gasteiger partial charge in [-0.1, -0.05) is 12.1 Å². The van der Waals surface area contributed by atoms with Crippen LogP contribution in [-0.2, 0) is 4.79 Å². The molecule has 0 atom stereocenters. The van der Waals surface area contributed by atoms with Crippen LogP contribution in [0.25, 0.3) is 0 Å². The van der Waals surface area contributed by atoms with Gasteiger partial charge in [-0.05, 0) is 24.3 Å². The van der Waals surface area contributed by atoms with Crippen molar-refractivity contribution in [2.45, 2.75) is 0 Å². The van der Waals surface area contributed by atoms with E-state index < -0.39 is 11.7 Å². The highest BCUT2D eigenvalue weighted by molar-refractivity contribution is 6.05. The maximum Gasteiger partial charge on any atom is 0.262 e. The molecule has 2 aromatic carbocycles. The number of hydrogen-bond acceptors (Lipinski definition) is 3. The molecule has 2 N–H and O–H groups in total. The SMILES string of the molecule is O=C1COc2cc(NC(=O)c3ccccc3F)ccc2N1. The van der Waals surface area contributed by atoms with Gasteiger partial charge in [-0.15, -0.1) is 0 Å². The van der Waals surface area contributed by atoms with Crippen LogP contribution < -0.4 is 15.4 Å². The molecule has 0 bridgehead atoms. The largest absolute Gasteiger partial charge is 0.482 e. The molecular weight excluding hydrogens is 275 g/mol. The van der Waals surface area contributed by atoms with Crippen LogP contribution in [0, 0.1) is 5.82 Å². The van der Waals surface area contributed by atoms with Crippen LogP contribution in [0.15, 0.2) is 42.5 Å². The highest BCUT2D eigenvalue weighted by Crippen LogP contribution is 2.30. The number of fused-ring (bicyclic) bond motifs is 1. The molecule has 0 saturated carbocycles. The minimum atomic E-state index is -0.587. The van der Waals surface area contributed by atoms with Crippen molar-refractivity contribution in [3.8, 4) is 5.75 Å². The first kappa shape index (κ1) is 13.1. The normalized spacial score (nSPS) is 12.9. The molecule has 0 aliphatic carbocycles. The Balaban J connectivity index is 1.81. The molecule has 106 valence electrons. The fraction of sp³-hybridized carbons (Fsp3) is 0.0667. The van der Waals surface area contributed by atoms with Gasteiger partial charge in [-0.25, -0.2) is 4.39 Å². The molecule has 1 heterocycles. The Morgan fingerprint density at radius 1 is 1.24 bits per heavy atom. The number of halogens is 1. The van der Waals surface area contributed by atoms with Crippen molar-refractivity contribution in [3.05, 3.63) is 53.8 Å². The number of hydrogen-bond donors (Lipinski definition) is 2. The number of ether oxygens (including phenoxy) is 1. The van der Waals surface area contributed by atoms with E-state index in [1.54, 1.807) is 24.3 Å². The predicted octanol–water partition coefficient (Wildman–Crippen LogP) is 2.41. The minimum absolute atomic E-state index is 0.0376. The summed E-state index contributed by atoms with van der Waals surface area (Å²) in [4.78, 5) is 23.2. The summed E-state index contributed by atoms with van der Waals surface area (Å²) < 4.78 is 18.8. The molecule has 6 heteroatoms. The van der Waals surface area contributed by atoms with Gasteiger partial charge >= 0.3 is 0 Å². The molecule has 1 aliphatic rings. The van der Waals surface area contributed by atoms with Crippen molar-refractivity contribution < 1.29 is 18.7 Å². The zero-order chi connectivity index (χ0) is 14.8. The summed E-state index contributed by atoms with van der Waals surface area (Å²) in [5, 5.41) is 5.23. The zero-order valence-corrected chi connectivity index (χ0v) is 10.9. The molecule has 2 aromatic rings. The molecule has 0 radical (unpaired) electrons. The first-order valence-electron chi connectivity index (χ1n) is 6.26. The van der Waals surface area contributed by atoms with Gasteiger partial charge in [-0.3, -0.25) is 9.59 Å². The second-order valence-corrected chi connectivity index (χ2v) is 4.48. The Morgan fingerprint density at radius 2 is 2.05 bits per heavy atom. The van der Waals surface area contributed by atoms with Crippen LogP contribution in [0.5, 0.6) is 5.75 Å². The van der Waals surface area contributed by atoms with E-state index in [4.69, 9.17) is 4.74 Å². The average Bonchev–Trinajstić information content (AvgIpc) is 2.48. The van der Waals surface area contributed by atoms with E-state index in [1.807, 2.05) is 0 Å². The number of carbonyl (C=O) groups is 2. The summed E-state index contributed by atoms with van der Waals surface area (Å²) in [6, 6.07) is 10.5. The monoisotopic (exact) mass is 286 g/mol. The van der Waals surface area contributed by atoms with E-state index in [1.165, 1.54) is 18.2 Å². The third-order valence-corrected chi connectivity index (χ3v) is 2.99. The van der Waals surface area contributed by atoms with Gasteiger partial charge < -0.3 is 15.4 Å². The van der Waals surface area contributed by atoms with Crippen molar-refractivity contribution in [2.24, 2.45) is 0 Å². The second-order valence-electron chi connectivity index (χ2n) is 4.48. The topological polar surface area (TPSA) is 67.4 Å². The van der Waals surface area contributed by atoms with Crippen molar-refractivity contribution >= 4 is 23.2 Å². The summed E-state index contributed by atoms with van der Waals surface area (Å²) in [7, 11) is 0. The predicted molar refractivity (Wildman–Crippen MR) is 74.9 cm³/mol. The highest BCUT2D eigenvalue weighted by Gasteiger charge is 2.17.